The second kappa shape index (κ2) is 15.7. The number of sulfonamides is 1. The molecule has 3 rings (SSSR count). The number of carbonyl (C=O) groups excluding carboxylic acids is 3. The molecular weight excluding hydrogens is 571 g/mol. The number of benzene rings is 3. The van der Waals surface area contributed by atoms with Crippen molar-refractivity contribution in [3.05, 3.63) is 95.6 Å². The minimum absolute atomic E-state index is 0.0885. The summed E-state index contributed by atoms with van der Waals surface area (Å²) in [7, 11) is -4.24. The van der Waals surface area contributed by atoms with Crippen LogP contribution in [-0.2, 0) is 26.0 Å². The smallest absolute Gasteiger partial charge is 0.224 e. The van der Waals surface area contributed by atoms with E-state index in [-0.39, 0.29) is 36.3 Å². The van der Waals surface area contributed by atoms with Crippen molar-refractivity contribution in [2.75, 3.05) is 12.3 Å². The number of carbonyl (C=O) groups is 3. The van der Waals surface area contributed by atoms with Crippen molar-refractivity contribution >= 4 is 40.2 Å². The van der Waals surface area contributed by atoms with Gasteiger partial charge in [0.25, 0.3) is 0 Å². The highest BCUT2D eigenvalue weighted by molar-refractivity contribution is 7.89. The van der Waals surface area contributed by atoms with Crippen molar-refractivity contribution in [1.29, 1.82) is 0 Å². The lowest BCUT2D eigenvalue weighted by Crippen LogP contribution is -2.51. The molecule has 0 aliphatic rings. The van der Waals surface area contributed by atoms with Gasteiger partial charge in [-0.05, 0) is 42.0 Å². The van der Waals surface area contributed by atoms with Crippen molar-refractivity contribution in [3.63, 3.8) is 0 Å². The summed E-state index contributed by atoms with van der Waals surface area (Å²) in [5.74, 6) is -0.885. The van der Waals surface area contributed by atoms with E-state index in [0.29, 0.717) is 24.0 Å². The van der Waals surface area contributed by atoms with Gasteiger partial charge in [0.1, 0.15) is 5.25 Å². The molecule has 0 bridgehead atoms. The Bertz CT molecular complexity index is 1460. The van der Waals surface area contributed by atoms with Gasteiger partial charge in [-0.15, -0.1) is 0 Å². The number of unbranched alkanes of at least 4 members (excludes halogenated alkanes) is 1. The molecule has 8 nitrogen and oxygen atoms in total. The minimum atomic E-state index is -4.24. The van der Waals surface area contributed by atoms with E-state index in [1.807, 2.05) is 49.4 Å². The van der Waals surface area contributed by atoms with E-state index in [2.05, 4.69) is 23.3 Å². The third-order valence-electron chi connectivity index (χ3n) is 7.09. The summed E-state index contributed by atoms with van der Waals surface area (Å²) in [6.07, 6.45) is 2.10. The van der Waals surface area contributed by atoms with Crippen LogP contribution < -0.4 is 15.8 Å². The monoisotopic (exact) mass is 609 g/mol. The summed E-state index contributed by atoms with van der Waals surface area (Å²) < 4.78 is 26.0. The Kier molecular flexibility index (Phi) is 12.3. The minimum Gasteiger partial charge on any atom is -0.354 e. The van der Waals surface area contributed by atoms with E-state index >= 15 is 0 Å². The van der Waals surface area contributed by atoms with Crippen molar-refractivity contribution in [3.8, 4) is 11.1 Å². The summed E-state index contributed by atoms with van der Waals surface area (Å²) in [5, 5.41) is 10.1. The van der Waals surface area contributed by atoms with Gasteiger partial charge in [0.2, 0.25) is 21.8 Å². The average Bonchev–Trinajstić information content (AvgIpc) is 2.97. The highest BCUT2D eigenvalue weighted by Gasteiger charge is 2.34. The second-order valence-corrected chi connectivity index (χ2v) is 12.4. The van der Waals surface area contributed by atoms with Crippen LogP contribution >= 0.6 is 12.6 Å². The summed E-state index contributed by atoms with van der Waals surface area (Å²) in [5.41, 5.74) is 3.33. The van der Waals surface area contributed by atoms with Gasteiger partial charge in [-0.1, -0.05) is 92.2 Å². The molecule has 0 saturated carbocycles. The van der Waals surface area contributed by atoms with Crippen LogP contribution in [0.15, 0.2) is 78.9 Å². The van der Waals surface area contributed by atoms with Crippen LogP contribution in [0.3, 0.4) is 0 Å². The molecule has 0 radical (unpaired) electrons. The summed E-state index contributed by atoms with van der Waals surface area (Å²) in [6.45, 7) is 3.29. The predicted octanol–water partition coefficient (Wildman–Crippen LogP) is 4.47. The first kappa shape index (κ1) is 33.0. The lowest BCUT2D eigenvalue weighted by atomic mass is 9.95. The third kappa shape index (κ3) is 9.27. The highest BCUT2D eigenvalue weighted by atomic mass is 32.2. The molecule has 224 valence electrons. The zero-order valence-corrected chi connectivity index (χ0v) is 25.7. The van der Waals surface area contributed by atoms with Gasteiger partial charge in [0.15, 0.2) is 5.78 Å². The van der Waals surface area contributed by atoms with Gasteiger partial charge in [-0.2, -0.15) is 12.6 Å². The van der Waals surface area contributed by atoms with Gasteiger partial charge >= 0.3 is 0 Å². The number of ketones is 1. The van der Waals surface area contributed by atoms with Crippen molar-refractivity contribution in [1.82, 2.24) is 10.6 Å². The molecule has 0 aliphatic carbocycles. The number of amides is 2. The van der Waals surface area contributed by atoms with Crippen LogP contribution in [-0.4, -0.2) is 44.4 Å². The maximum atomic E-state index is 13.2. The largest absolute Gasteiger partial charge is 0.354 e. The Morgan fingerprint density at radius 2 is 1.57 bits per heavy atom. The predicted molar refractivity (Wildman–Crippen MR) is 170 cm³/mol. The van der Waals surface area contributed by atoms with E-state index in [0.717, 1.165) is 23.1 Å². The molecule has 0 heterocycles. The number of thiol groups is 1. The van der Waals surface area contributed by atoms with E-state index in [1.54, 1.807) is 36.4 Å². The summed E-state index contributed by atoms with van der Waals surface area (Å²) >= 11 is 4.36. The fourth-order valence-corrected chi connectivity index (χ4v) is 6.34. The SMILES string of the molecule is CCCCC(=O)NC(CNC(=O)[C@@H](CS)Cc1ccccc1)C(c1ccc(-c2ccccc2C(C)=O)cc1)S(N)(=O)=O. The first-order chi connectivity index (χ1) is 20.0. The van der Waals surface area contributed by atoms with E-state index in [4.69, 9.17) is 5.14 Å². The number of hydrogen-bond donors (Lipinski definition) is 4. The molecule has 0 fully saturated rings. The van der Waals surface area contributed by atoms with Crippen molar-refractivity contribution in [2.24, 2.45) is 11.1 Å². The number of Topliss-reactive ketones (excluding diaryl/α,β-unsaturated/α-hetero) is 1. The Balaban J connectivity index is 1.90. The molecule has 0 aliphatic heterocycles. The Morgan fingerprint density at radius 1 is 0.929 bits per heavy atom. The number of rotatable bonds is 15. The molecule has 0 saturated heterocycles. The third-order valence-corrected chi connectivity index (χ3v) is 8.84. The normalized spacial score (nSPS) is 13.5. The molecule has 2 unspecified atom stereocenters. The molecule has 0 spiro atoms. The molecule has 3 atom stereocenters. The van der Waals surface area contributed by atoms with Crippen LogP contribution in [0.1, 0.15) is 59.8 Å². The van der Waals surface area contributed by atoms with Crippen LogP contribution in [0, 0.1) is 5.92 Å². The second-order valence-electron chi connectivity index (χ2n) is 10.3. The molecule has 10 heteroatoms. The molecular formula is C32H39N3O5S2. The van der Waals surface area contributed by atoms with E-state index in [1.165, 1.54) is 6.92 Å². The molecule has 42 heavy (non-hydrogen) atoms. The highest BCUT2D eigenvalue weighted by Crippen LogP contribution is 2.29. The summed E-state index contributed by atoms with van der Waals surface area (Å²) in [4.78, 5) is 38.1. The van der Waals surface area contributed by atoms with Crippen LogP contribution in [0.4, 0.5) is 0 Å². The van der Waals surface area contributed by atoms with Crippen LogP contribution in [0.2, 0.25) is 0 Å². The molecule has 3 aromatic carbocycles. The van der Waals surface area contributed by atoms with Gasteiger partial charge in [0.05, 0.1) is 12.0 Å². The van der Waals surface area contributed by atoms with Crippen molar-refractivity contribution in [2.45, 2.75) is 50.8 Å². The first-order valence-electron chi connectivity index (χ1n) is 14.0. The van der Waals surface area contributed by atoms with Crippen LogP contribution in [0.5, 0.6) is 0 Å². The quantitative estimate of drug-likeness (QED) is 0.149. The fourth-order valence-electron chi connectivity index (χ4n) is 4.89. The number of nitrogens with one attached hydrogen (secondary N) is 2. The van der Waals surface area contributed by atoms with Gasteiger partial charge in [-0.25, -0.2) is 13.6 Å². The van der Waals surface area contributed by atoms with E-state index < -0.39 is 27.2 Å². The van der Waals surface area contributed by atoms with Crippen LogP contribution in [0.25, 0.3) is 11.1 Å². The first-order valence-corrected chi connectivity index (χ1v) is 16.2. The van der Waals surface area contributed by atoms with Gasteiger partial charge in [-0.3, -0.25) is 14.4 Å². The summed E-state index contributed by atoms with van der Waals surface area (Å²) in [6, 6.07) is 22.4. The Labute approximate surface area is 253 Å². The molecule has 2 amide bonds. The Hall–Kier alpha value is -3.47. The average molecular weight is 610 g/mol. The number of hydrogen-bond acceptors (Lipinski definition) is 6. The van der Waals surface area contributed by atoms with E-state index in [9.17, 15) is 22.8 Å². The van der Waals surface area contributed by atoms with Crippen molar-refractivity contribution < 1.29 is 22.8 Å². The lowest BCUT2D eigenvalue weighted by Gasteiger charge is -2.28. The number of nitrogens with two attached hydrogens (primary N) is 1. The molecule has 3 aromatic rings. The standard InChI is InChI=1S/C32H39N3O5S2/c1-3-4-14-30(37)35-29(20-34-32(38)26(21-41)19-23-10-6-5-7-11-23)31(42(33,39)40)25-17-15-24(16-18-25)28-13-9-8-12-27(28)22(2)36/h5-13,15-18,26,29,31,41H,3-4,14,19-21H2,1-2H3,(H,34,38)(H,35,37)(H2,33,39,40)/t26-,29?,31?/m1/s1. The molecule has 4 N–H and O–H groups in total. The van der Waals surface area contributed by atoms with Gasteiger partial charge in [0, 0.05) is 24.3 Å². The maximum absolute atomic E-state index is 13.2. The van der Waals surface area contributed by atoms with Gasteiger partial charge < -0.3 is 10.6 Å². The number of primary sulfonamides is 1. The molecule has 0 aromatic heterocycles. The lowest BCUT2D eigenvalue weighted by molar-refractivity contribution is -0.125. The topological polar surface area (TPSA) is 135 Å². The Morgan fingerprint density at radius 3 is 2.17 bits per heavy atom. The zero-order chi connectivity index (χ0) is 30.7. The maximum Gasteiger partial charge on any atom is 0.224 e. The fraction of sp³-hybridized carbons (Fsp3) is 0.344. The zero-order valence-electron chi connectivity index (χ0n) is 24.0.